The molecule has 0 spiro atoms. The van der Waals surface area contributed by atoms with E-state index in [2.05, 4.69) is 98.8 Å². The Morgan fingerprint density at radius 3 is 1.28 bits per heavy atom. The van der Waals surface area contributed by atoms with Crippen LogP contribution in [0, 0.1) is 0 Å². The molecule has 2 atom stereocenters. The minimum atomic E-state index is 0.0572. The number of hydrogen-bond donors (Lipinski definition) is 2. The lowest BCUT2D eigenvalue weighted by atomic mass is 9.77. The van der Waals surface area contributed by atoms with Crippen molar-refractivity contribution in [2.24, 2.45) is 0 Å². The molecule has 224 valence electrons. The van der Waals surface area contributed by atoms with Gasteiger partial charge in [0.05, 0.1) is 0 Å². The van der Waals surface area contributed by atoms with Gasteiger partial charge in [-0.15, -0.1) is 0 Å². The van der Waals surface area contributed by atoms with Crippen molar-refractivity contribution in [2.45, 2.75) is 108 Å². The Morgan fingerprint density at radius 1 is 0.535 bits per heavy atom. The summed E-state index contributed by atoms with van der Waals surface area (Å²) in [5, 5.41) is 23.5. The molecule has 2 aliphatic carbocycles. The maximum atomic E-state index is 11.7. The van der Waals surface area contributed by atoms with Gasteiger partial charge in [0.15, 0.2) is 0 Å². The molecule has 0 aromatic heterocycles. The molecular weight excluding hydrogens is 524 g/mol. The maximum Gasteiger partial charge on any atom is 0.119 e. The number of benzene rings is 4. The molecular formula is C41H48O2. The fourth-order valence-electron chi connectivity index (χ4n) is 8.10. The molecule has 2 unspecified atom stereocenters. The molecule has 0 radical (unpaired) electrons. The van der Waals surface area contributed by atoms with E-state index >= 15 is 0 Å². The van der Waals surface area contributed by atoms with Crippen LogP contribution in [0.5, 0.6) is 11.5 Å². The molecule has 2 heteroatoms. The zero-order chi connectivity index (χ0) is 29.8. The summed E-state index contributed by atoms with van der Waals surface area (Å²) >= 11 is 0. The minimum absolute atomic E-state index is 0.0572. The Labute approximate surface area is 258 Å². The summed E-state index contributed by atoms with van der Waals surface area (Å²) < 4.78 is 0. The third kappa shape index (κ3) is 6.54. The summed E-state index contributed by atoms with van der Waals surface area (Å²) in [7, 11) is 0. The summed E-state index contributed by atoms with van der Waals surface area (Å²) in [4.78, 5) is 0. The van der Waals surface area contributed by atoms with E-state index in [1.807, 2.05) is 0 Å². The van der Waals surface area contributed by atoms with Gasteiger partial charge in [-0.05, 0) is 89.5 Å². The Balaban J connectivity index is 1.49. The van der Waals surface area contributed by atoms with Crippen molar-refractivity contribution in [2.75, 3.05) is 0 Å². The van der Waals surface area contributed by atoms with Crippen LogP contribution < -0.4 is 0 Å². The highest BCUT2D eigenvalue weighted by Gasteiger charge is 2.26. The lowest BCUT2D eigenvalue weighted by molar-refractivity contribution is 0.434. The van der Waals surface area contributed by atoms with E-state index in [-0.39, 0.29) is 11.8 Å². The van der Waals surface area contributed by atoms with Crippen LogP contribution in [0.15, 0.2) is 84.9 Å². The highest BCUT2D eigenvalue weighted by Crippen LogP contribution is 2.44. The Bertz CT molecular complexity index is 1380. The van der Waals surface area contributed by atoms with Crippen molar-refractivity contribution in [1.82, 2.24) is 0 Å². The van der Waals surface area contributed by atoms with Gasteiger partial charge in [-0.1, -0.05) is 125 Å². The van der Waals surface area contributed by atoms with Crippen LogP contribution in [-0.2, 0) is 6.42 Å². The smallest absolute Gasteiger partial charge is 0.119 e. The van der Waals surface area contributed by atoms with E-state index in [0.717, 1.165) is 11.1 Å². The van der Waals surface area contributed by atoms with Crippen molar-refractivity contribution < 1.29 is 10.2 Å². The summed E-state index contributed by atoms with van der Waals surface area (Å²) in [5.41, 5.74) is 9.40. The van der Waals surface area contributed by atoms with Crippen LogP contribution in [0.2, 0.25) is 0 Å². The summed E-state index contributed by atoms with van der Waals surface area (Å²) in [5.74, 6) is 1.95. The molecule has 4 aromatic carbocycles. The van der Waals surface area contributed by atoms with Crippen molar-refractivity contribution in [3.8, 4) is 11.5 Å². The first-order valence-electron chi connectivity index (χ1n) is 16.8. The van der Waals surface area contributed by atoms with Gasteiger partial charge in [-0.2, -0.15) is 0 Å². The van der Waals surface area contributed by atoms with E-state index in [0.29, 0.717) is 29.8 Å². The average Bonchev–Trinajstić information content (AvgIpc) is 3.05. The molecule has 0 aliphatic heterocycles. The molecule has 0 saturated heterocycles. The second kappa shape index (κ2) is 13.4. The fraction of sp³-hybridized carbons (Fsp3) is 0.415. The van der Waals surface area contributed by atoms with E-state index in [9.17, 15) is 10.2 Å². The van der Waals surface area contributed by atoms with Crippen molar-refractivity contribution in [3.05, 3.63) is 129 Å². The summed E-state index contributed by atoms with van der Waals surface area (Å²) in [6, 6.07) is 30.1. The predicted molar refractivity (Wildman–Crippen MR) is 179 cm³/mol. The van der Waals surface area contributed by atoms with E-state index in [4.69, 9.17) is 0 Å². The number of rotatable bonds is 8. The van der Waals surface area contributed by atoms with E-state index in [1.165, 1.54) is 97.6 Å². The van der Waals surface area contributed by atoms with Gasteiger partial charge >= 0.3 is 0 Å². The number of phenolic OH excluding ortho intramolecular Hbond substituents is 2. The second-order valence-corrected chi connectivity index (χ2v) is 13.3. The Morgan fingerprint density at radius 2 is 0.907 bits per heavy atom. The number of phenols is 2. The highest BCUT2D eigenvalue weighted by atomic mass is 16.3. The minimum Gasteiger partial charge on any atom is -0.508 e. The summed E-state index contributed by atoms with van der Waals surface area (Å²) in [6.45, 7) is 4.44. The van der Waals surface area contributed by atoms with Crippen molar-refractivity contribution in [3.63, 3.8) is 0 Å². The number of aromatic hydroxyl groups is 2. The summed E-state index contributed by atoms with van der Waals surface area (Å²) in [6.07, 6.45) is 13.2. The molecule has 2 nitrogen and oxygen atoms in total. The van der Waals surface area contributed by atoms with Gasteiger partial charge in [0.25, 0.3) is 0 Å². The SMILES string of the molecule is CC(c1ccccc1)c1c(O)cc(C2CCCCC2)cc1Cc1cc(C2CCCCC2)cc(O)c1C(C)c1ccccc1. The first-order valence-corrected chi connectivity index (χ1v) is 16.8. The molecule has 4 aromatic rings. The molecule has 6 rings (SSSR count). The first-order chi connectivity index (χ1) is 21.0. The lowest BCUT2D eigenvalue weighted by Gasteiger charge is -2.28. The van der Waals surface area contributed by atoms with Crippen LogP contribution in [0.3, 0.4) is 0 Å². The van der Waals surface area contributed by atoms with Crippen LogP contribution in [0.4, 0.5) is 0 Å². The second-order valence-electron chi connectivity index (χ2n) is 13.3. The van der Waals surface area contributed by atoms with Crippen LogP contribution in [0.25, 0.3) is 0 Å². The monoisotopic (exact) mass is 572 g/mol. The van der Waals surface area contributed by atoms with Crippen molar-refractivity contribution >= 4 is 0 Å². The zero-order valence-corrected chi connectivity index (χ0v) is 26.1. The molecule has 0 amide bonds. The molecule has 2 N–H and O–H groups in total. The topological polar surface area (TPSA) is 40.5 Å². The van der Waals surface area contributed by atoms with Gasteiger partial charge in [-0.3, -0.25) is 0 Å². The molecule has 2 fully saturated rings. The largest absolute Gasteiger partial charge is 0.508 e. The highest BCUT2D eigenvalue weighted by molar-refractivity contribution is 5.55. The fourth-order valence-corrected chi connectivity index (χ4v) is 8.10. The van der Waals surface area contributed by atoms with Crippen LogP contribution in [-0.4, -0.2) is 10.2 Å². The van der Waals surface area contributed by atoms with E-state index in [1.54, 1.807) is 0 Å². The molecule has 2 aliphatic rings. The third-order valence-electron chi connectivity index (χ3n) is 10.5. The molecule has 2 saturated carbocycles. The van der Waals surface area contributed by atoms with E-state index < -0.39 is 0 Å². The first kappa shape index (κ1) is 29.5. The van der Waals surface area contributed by atoms with Gasteiger partial charge in [0.1, 0.15) is 11.5 Å². The third-order valence-corrected chi connectivity index (χ3v) is 10.5. The van der Waals surface area contributed by atoms with Gasteiger partial charge < -0.3 is 10.2 Å². The normalized spacial score (nSPS) is 17.9. The maximum absolute atomic E-state index is 11.7. The Kier molecular flexibility index (Phi) is 9.22. The lowest BCUT2D eigenvalue weighted by Crippen LogP contribution is -2.11. The van der Waals surface area contributed by atoms with Gasteiger partial charge in [-0.25, -0.2) is 0 Å². The number of hydrogen-bond acceptors (Lipinski definition) is 2. The zero-order valence-electron chi connectivity index (χ0n) is 26.1. The molecule has 43 heavy (non-hydrogen) atoms. The average molecular weight is 573 g/mol. The Hall–Kier alpha value is -3.52. The quantitative estimate of drug-likeness (QED) is 0.220. The van der Waals surface area contributed by atoms with Crippen LogP contribution in [0.1, 0.15) is 146 Å². The molecule has 0 heterocycles. The van der Waals surface area contributed by atoms with Crippen LogP contribution >= 0.6 is 0 Å². The molecule has 0 bridgehead atoms. The standard InChI is InChI=1S/C41H48O2/c1-28(30-15-7-3-8-16-30)40-36(23-34(26-38(40)42)32-19-11-5-12-20-32)25-37-24-35(33-21-13-6-14-22-33)27-39(43)41(37)29(2)31-17-9-4-10-18-31/h3-4,7-10,15-18,23-24,26-29,32-33,42-43H,5-6,11-14,19-22,25H2,1-2H3. The van der Waals surface area contributed by atoms with Gasteiger partial charge in [0.2, 0.25) is 0 Å². The predicted octanol–water partition coefficient (Wildman–Crippen LogP) is 11.1. The van der Waals surface area contributed by atoms with Gasteiger partial charge in [0, 0.05) is 23.0 Å². The van der Waals surface area contributed by atoms with Crippen molar-refractivity contribution in [1.29, 1.82) is 0 Å².